The van der Waals surface area contributed by atoms with Crippen LogP contribution in [-0.4, -0.2) is 34.1 Å². The van der Waals surface area contributed by atoms with Crippen LogP contribution in [0.5, 0.6) is 0 Å². The van der Waals surface area contributed by atoms with Crippen LogP contribution in [0.3, 0.4) is 0 Å². The third kappa shape index (κ3) is 6.59. The quantitative estimate of drug-likeness (QED) is 0.677. The Labute approximate surface area is 158 Å². The Hall–Kier alpha value is -2.55. The smallest absolute Gasteiger partial charge is 0.248 e. The molecular weight excluding hydrogens is 371 g/mol. The molecule has 2 N–H and O–H groups in total. The summed E-state index contributed by atoms with van der Waals surface area (Å²) in [6.07, 6.45) is 2.76. The second-order valence-corrected chi connectivity index (χ2v) is 7.59. The highest BCUT2D eigenvalue weighted by molar-refractivity contribution is 7.89. The van der Waals surface area contributed by atoms with Crippen LogP contribution >= 0.6 is 0 Å². The molecule has 0 radical (unpaired) electrons. The lowest BCUT2D eigenvalue weighted by molar-refractivity contribution is -0.111. The summed E-state index contributed by atoms with van der Waals surface area (Å²) in [5, 5.41) is 2.61. The summed E-state index contributed by atoms with van der Waals surface area (Å²) in [6.45, 7) is 1.95. The first-order chi connectivity index (χ1) is 12.8. The molecule has 0 fully saturated rings. The second-order valence-electron chi connectivity index (χ2n) is 5.88. The summed E-state index contributed by atoms with van der Waals surface area (Å²) >= 11 is 0. The Balaban J connectivity index is 1.99. The predicted octanol–water partition coefficient (Wildman–Crippen LogP) is 2.79. The van der Waals surface area contributed by atoms with Gasteiger partial charge < -0.3 is 10.1 Å². The van der Waals surface area contributed by atoms with Crippen molar-refractivity contribution in [3.63, 3.8) is 0 Å². The van der Waals surface area contributed by atoms with E-state index in [1.165, 1.54) is 55.7 Å². The van der Waals surface area contributed by atoms with Crippen LogP contribution < -0.4 is 10.0 Å². The van der Waals surface area contributed by atoms with Gasteiger partial charge in [-0.25, -0.2) is 17.5 Å². The Morgan fingerprint density at radius 2 is 1.93 bits per heavy atom. The number of methoxy groups -OCH3 is 1. The Morgan fingerprint density at radius 3 is 2.56 bits per heavy atom. The number of nitrogens with one attached hydrogen (secondary N) is 2. The number of hydrogen-bond donors (Lipinski definition) is 2. The standard InChI is InChI=1S/C19H21FN2O4S/c1-14(13-26-2)22-27(24,25)18-9-7-17(8-10-18)21-19(23)11-6-15-4-3-5-16(20)12-15/h3-12,14,22H,13H2,1-2H3,(H,21,23)/b11-6+. The van der Waals surface area contributed by atoms with Crippen LogP contribution in [0.15, 0.2) is 59.5 Å². The van der Waals surface area contributed by atoms with Crippen LogP contribution in [0.2, 0.25) is 0 Å². The number of halogens is 1. The van der Waals surface area contributed by atoms with Crippen LogP contribution in [0, 0.1) is 5.82 Å². The molecule has 0 saturated heterocycles. The van der Waals surface area contributed by atoms with Crippen LogP contribution in [0.1, 0.15) is 12.5 Å². The molecule has 0 aliphatic rings. The van der Waals surface area contributed by atoms with E-state index in [2.05, 4.69) is 10.0 Å². The molecule has 1 atom stereocenters. The number of sulfonamides is 1. The van der Waals surface area contributed by atoms with E-state index in [1.807, 2.05) is 0 Å². The molecule has 0 bridgehead atoms. The van der Waals surface area contributed by atoms with E-state index in [0.29, 0.717) is 11.3 Å². The second kappa shape index (κ2) is 9.40. The zero-order valence-electron chi connectivity index (χ0n) is 15.0. The van der Waals surface area contributed by atoms with Crippen molar-refractivity contribution < 1.29 is 22.3 Å². The highest BCUT2D eigenvalue weighted by Gasteiger charge is 2.17. The first-order valence-corrected chi connectivity index (χ1v) is 9.64. The monoisotopic (exact) mass is 392 g/mol. The highest BCUT2D eigenvalue weighted by atomic mass is 32.2. The molecule has 2 aromatic carbocycles. The molecule has 144 valence electrons. The van der Waals surface area contributed by atoms with Gasteiger partial charge in [-0.2, -0.15) is 0 Å². The number of hydrogen-bond acceptors (Lipinski definition) is 4. The van der Waals surface area contributed by atoms with Crippen LogP contribution in [0.4, 0.5) is 10.1 Å². The zero-order chi connectivity index (χ0) is 19.9. The van der Waals surface area contributed by atoms with Crippen molar-refractivity contribution in [2.24, 2.45) is 0 Å². The summed E-state index contributed by atoms with van der Waals surface area (Å²) in [6, 6.07) is 11.2. The number of ether oxygens (including phenoxy) is 1. The van der Waals surface area contributed by atoms with Gasteiger partial charge in [-0.3, -0.25) is 4.79 Å². The average Bonchev–Trinajstić information content (AvgIpc) is 2.60. The van der Waals surface area contributed by atoms with E-state index >= 15 is 0 Å². The Morgan fingerprint density at radius 1 is 1.22 bits per heavy atom. The fourth-order valence-electron chi connectivity index (χ4n) is 2.30. The fraction of sp³-hybridized carbons (Fsp3) is 0.211. The molecule has 2 aromatic rings. The minimum atomic E-state index is -3.67. The van der Waals surface area contributed by atoms with Gasteiger partial charge in [0.25, 0.3) is 0 Å². The minimum absolute atomic E-state index is 0.0822. The van der Waals surface area contributed by atoms with Crippen molar-refractivity contribution in [3.05, 3.63) is 66.0 Å². The maximum atomic E-state index is 13.1. The molecule has 0 heterocycles. The van der Waals surface area contributed by atoms with Gasteiger partial charge in [0.05, 0.1) is 11.5 Å². The van der Waals surface area contributed by atoms with Gasteiger partial charge >= 0.3 is 0 Å². The van der Waals surface area contributed by atoms with Gasteiger partial charge in [-0.15, -0.1) is 0 Å². The van der Waals surface area contributed by atoms with E-state index < -0.39 is 15.9 Å². The molecule has 1 unspecified atom stereocenters. The zero-order valence-corrected chi connectivity index (χ0v) is 15.8. The largest absolute Gasteiger partial charge is 0.383 e. The molecular formula is C19H21FN2O4S. The first-order valence-electron chi connectivity index (χ1n) is 8.16. The van der Waals surface area contributed by atoms with Crippen molar-refractivity contribution in [2.75, 3.05) is 19.0 Å². The SMILES string of the molecule is COCC(C)NS(=O)(=O)c1ccc(NC(=O)/C=C/c2cccc(F)c2)cc1. The molecule has 1 amide bonds. The van der Waals surface area contributed by atoms with Gasteiger partial charge in [0, 0.05) is 24.9 Å². The summed E-state index contributed by atoms with van der Waals surface area (Å²) in [5.74, 6) is -0.801. The van der Waals surface area contributed by atoms with E-state index in [9.17, 15) is 17.6 Å². The predicted molar refractivity (Wildman–Crippen MR) is 102 cm³/mol. The van der Waals surface area contributed by atoms with E-state index in [1.54, 1.807) is 19.1 Å². The molecule has 27 heavy (non-hydrogen) atoms. The van der Waals surface area contributed by atoms with Crippen LogP contribution in [-0.2, 0) is 19.6 Å². The fourth-order valence-corrected chi connectivity index (χ4v) is 3.53. The number of rotatable bonds is 8. The van der Waals surface area contributed by atoms with E-state index in [4.69, 9.17) is 4.74 Å². The topological polar surface area (TPSA) is 84.5 Å². The molecule has 0 aromatic heterocycles. The number of carbonyl (C=O) groups excluding carboxylic acids is 1. The van der Waals surface area contributed by atoms with Gasteiger partial charge in [-0.05, 0) is 55.0 Å². The minimum Gasteiger partial charge on any atom is -0.383 e. The molecule has 2 rings (SSSR count). The number of carbonyl (C=O) groups is 1. The van der Waals surface area contributed by atoms with Crippen molar-refractivity contribution in [3.8, 4) is 0 Å². The summed E-state index contributed by atoms with van der Waals surface area (Å²) in [7, 11) is -2.18. The van der Waals surface area contributed by atoms with Crippen molar-refractivity contribution in [1.82, 2.24) is 4.72 Å². The van der Waals surface area contributed by atoms with Crippen LogP contribution in [0.25, 0.3) is 6.08 Å². The summed E-state index contributed by atoms with van der Waals surface area (Å²) in [5.41, 5.74) is 0.996. The third-order valence-electron chi connectivity index (χ3n) is 3.48. The van der Waals surface area contributed by atoms with Crippen molar-refractivity contribution >= 4 is 27.7 Å². The molecule has 0 aliphatic heterocycles. The molecule has 0 saturated carbocycles. The molecule has 8 heteroatoms. The van der Waals surface area contributed by atoms with Gasteiger partial charge in [0.2, 0.25) is 15.9 Å². The van der Waals surface area contributed by atoms with Gasteiger partial charge in [0.1, 0.15) is 5.82 Å². The normalized spacial score (nSPS) is 12.9. The first kappa shape index (κ1) is 20.8. The van der Waals surface area contributed by atoms with Crippen molar-refractivity contribution in [2.45, 2.75) is 17.9 Å². The maximum absolute atomic E-state index is 13.1. The summed E-state index contributed by atoms with van der Waals surface area (Å²) < 4.78 is 45.0. The lowest BCUT2D eigenvalue weighted by Gasteiger charge is -2.13. The number of amides is 1. The Bertz CT molecular complexity index is 912. The van der Waals surface area contributed by atoms with Crippen molar-refractivity contribution in [1.29, 1.82) is 0 Å². The molecule has 0 spiro atoms. The maximum Gasteiger partial charge on any atom is 0.248 e. The number of anilines is 1. The van der Waals surface area contributed by atoms with Gasteiger partial charge in [-0.1, -0.05) is 12.1 Å². The average molecular weight is 392 g/mol. The lowest BCUT2D eigenvalue weighted by Crippen LogP contribution is -2.35. The Kier molecular flexibility index (Phi) is 7.23. The summed E-state index contributed by atoms with van der Waals surface area (Å²) in [4.78, 5) is 12.0. The third-order valence-corrected chi connectivity index (χ3v) is 5.09. The van der Waals surface area contributed by atoms with E-state index in [0.717, 1.165) is 0 Å². The lowest BCUT2D eigenvalue weighted by atomic mass is 10.2. The number of benzene rings is 2. The van der Waals surface area contributed by atoms with Gasteiger partial charge in [0.15, 0.2) is 0 Å². The molecule has 0 aliphatic carbocycles. The molecule has 6 nitrogen and oxygen atoms in total. The highest BCUT2D eigenvalue weighted by Crippen LogP contribution is 2.15. The van der Waals surface area contributed by atoms with E-state index in [-0.39, 0.29) is 23.4 Å².